The van der Waals surface area contributed by atoms with Gasteiger partial charge in [-0.05, 0) is 19.1 Å². The minimum absolute atomic E-state index is 0.0238. The summed E-state index contributed by atoms with van der Waals surface area (Å²) < 4.78 is 0. The minimum atomic E-state index is -0.875. The molecule has 1 amide bonds. The van der Waals surface area contributed by atoms with Gasteiger partial charge in [0, 0.05) is 18.7 Å². The first-order valence-corrected chi connectivity index (χ1v) is 6.07. The lowest BCUT2D eigenvalue weighted by Crippen LogP contribution is -2.40. The van der Waals surface area contributed by atoms with Crippen molar-refractivity contribution in [2.45, 2.75) is 25.3 Å². The highest BCUT2D eigenvalue weighted by molar-refractivity contribution is 7.98. The summed E-state index contributed by atoms with van der Waals surface area (Å²) in [7, 11) is 0. The van der Waals surface area contributed by atoms with E-state index in [9.17, 15) is 9.59 Å². The van der Waals surface area contributed by atoms with Gasteiger partial charge in [-0.2, -0.15) is 11.8 Å². The number of hydrogen-bond acceptors (Lipinski definition) is 3. The van der Waals surface area contributed by atoms with Crippen molar-refractivity contribution in [3.05, 3.63) is 0 Å². The molecule has 0 saturated carbocycles. The first kappa shape index (κ1) is 11.4. The van der Waals surface area contributed by atoms with Crippen molar-refractivity contribution in [3.63, 3.8) is 0 Å². The van der Waals surface area contributed by atoms with E-state index in [-0.39, 0.29) is 5.91 Å². The summed E-state index contributed by atoms with van der Waals surface area (Å²) >= 11 is 1.60. The smallest absolute Gasteiger partial charge is 0.326 e. The van der Waals surface area contributed by atoms with E-state index in [2.05, 4.69) is 0 Å². The van der Waals surface area contributed by atoms with E-state index < -0.39 is 12.0 Å². The lowest BCUT2D eigenvalue weighted by atomic mass is 10.2. The molecule has 1 saturated heterocycles. The number of hydrogen-bond donors (Lipinski definition) is 1. The van der Waals surface area contributed by atoms with E-state index in [1.54, 1.807) is 11.8 Å². The number of thioether (sulfide) groups is 1. The van der Waals surface area contributed by atoms with Gasteiger partial charge in [-0.1, -0.05) is 0 Å². The van der Waals surface area contributed by atoms with Gasteiger partial charge < -0.3 is 10.0 Å². The van der Waals surface area contributed by atoms with Crippen LogP contribution in [0.2, 0.25) is 0 Å². The normalized spacial score (nSPS) is 21.2. The Bertz CT molecular complexity index is 232. The van der Waals surface area contributed by atoms with Gasteiger partial charge in [0.25, 0.3) is 0 Å². The van der Waals surface area contributed by atoms with Gasteiger partial charge in [0.15, 0.2) is 0 Å². The van der Waals surface area contributed by atoms with Crippen LogP contribution in [0.1, 0.15) is 19.3 Å². The average Bonchev–Trinajstić information content (AvgIpc) is 2.62. The highest BCUT2D eigenvalue weighted by Gasteiger charge is 2.33. The molecule has 1 atom stereocenters. The largest absolute Gasteiger partial charge is 0.480 e. The predicted octanol–water partition coefficient (Wildman–Crippen LogP) is 0.815. The number of aliphatic carboxylic acids is 1. The molecule has 0 bridgehead atoms. The molecule has 1 unspecified atom stereocenters. The van der Waals surface area contributed by atoms with Crippen LogP contribution in [0, 0.1) is 0 Å². The Labute approximate surface area is 87.7 Å². The molecule has 0 aromatic heterocycles. The fourth-order valence-corrected chi connectivity index (χ4v) is 2.03. The molecule has 80 valence electrons. The van der Waals surface area contributed by atoms with Gasteiger partial charge >= 0.3 is 5.97 Å². The molecule has 14 heavy (non-hydrogen) atoms. The van der Waals surface area contributed by atoms with E-state index in [4.69, 9.17) is 5.11 Å². The van der Waals surface area contributed by atoms with Crippen LogP contribution in [0.25, 0.3) is 0 Å². The number of amides is 1. The second-order valence-electron chi connectivity index (χ2n) is 3.33. The summed E-state index contributed by atoms with van der Waals surface area (Å²) in [6.45, 7) is 0.601. The minimum Gasteiger partial charge on any atom is -0.480 e. The number of carboxylic acid groups (broad SMARTS) is 1. The first-order valence-electron chi connectivity index (χ1n) is 4.68. The van der Waals surface area contributed by atoms with Crippen LogP contribution < -0.4 is 0 Å². The Morgan fingerprint density at radius 3 is 2.86 bits per heavy atom. The third-order valence-corrected chi connectivity index (χ3v) is 2.99. The predicted molar refractivity (Wildman–Crippen MR) is 55.4 cm³/mol. The zero-order chi connectivity index (χ0) is 10.6. The molecule has 0 aromatic carbocycles. The zero-order valence-corrected chi connectivity index (χ0v) is 9.05. The molecule has 0 aromatic rings. The third kappa shape index (κ3) is 2.64. The van der Waals surface area contributed by atoms with Crippen molar-refractivity contribution in [1.82, 2.24) is 4.90 Å². The first-order chi connectivity index (χ1) is 6.66. The van der Waals surface area contributed by atoms with Crippen molar-refractivity contribution in [1.29, 1.82) is 0 Å². The molecule has 0 aliphatic carbocycles. The molecule has 1 heterocycles. The van der Waals surface area contributed by atoms with Crippen molar-refractivity contribution in [3.8, 4) is 0 Å². The van der Waals surface area contributed by atoms with Gasteiger partial charge in [0.1, 0.15) is 6.04 Å². The van der Waals surface area contributed by atoms with Gasteiger partial charge in [-0.3, -0.25) is 4.79 Å². The van der Waals surface area contributed by atoms with Crippen LogP contribution in [-0.2, 0) is 9.59 Å². The molecule has 1 aliphatic heterocycles. The summed E-state index contributed by atoms with van der Waals surface area (Å²) in [4.78, 5) is 23.9. The van der Waals surface area contributed by atoms with E-state index in [0.29, 0.717) is 19.4 Å². The number of likely N-dealkylation sites (tertiary alicyclic amines) is 1. The summed E-state index contributed by atoms with van der Waals surface area (Å²) in [5.74, 6) is -0.133. The molecular formula is C9H15NO3S. The fourth-order valence-electron chi connectivity index (χ4n) is 1.65. The summed E-state index contributed by atoms with van der Waals surface area (Å²) in [5.41, 5.74) is 0. The zero-order valence-electron chi connectivity index (χ0n) is 8.23. The highest BCUT2D eigenvalue weighted by atomic mass is 32.2. The van der Waals surface area contributed by atoms with Crippen LogP contribution >= 0.6 is 11.8 Å². The van der Waals surface area contributed by atoms with E-state index in [0.717, 1.165) is 12.2 Å². The van der Waals surface area contributed by atoms with Crippen LogP contribution in [0.5, 0.6) is 0 Å². The molecule has 4 nitrogen and oxygen atoms in total. The molecule has 1 fully saturated rings. The van der Waals surface area contributed by atoms with Gasteiger partial charge in [0.2, 0.25) is 5.91 Å². The molecule has 0 spiro atoms. The van der Waals surface area contributed by atoms with Crippen molar-refractivity contribution >= 4 is 23.6 Å². The van der Waals surface area contributed by atoms with Crippen LogP contribution in [-0.4, -0.2) is 46.5 Å². The lowest BCUT2D eigenvalue weighted by molar-refractivity contribution is -0.148. The van der Waals surface area contributed by atoms with Crippen molar-refractivity contribution in [2.24, 2.45) is 0 Å². The van der Waals surface area contributed by atoms with Crippen molar-refractivity contribution in [2.75, 3.05) is 18.6 Å². The molecule has 5 heteroatoms. The SMILES string of the molecule is CSCCC(=O)N1CCCC1C(=O)O. The van der Waals surface area contributed by atoms with E-state index >= 15 is 0 Å². The Hall–Kier alpha value is -0.710. The number of carbonyl (C=O) groups is 2. The molecule has 1 rings (SSSR count). The molecule has 1 N–H and O–H groups in total. The topological polar surface area (TPSA) is 57.6 Å². The van der Waals surface area contributed by atoms with Crippen molar-refractivity contribution < 1.29 is 14.7 Å². The highest BCUT2D eigenvalue weighted by Crippen LogP contribution is 2.18. The summed E-state index contributed by atoms with van der Waals surface area (Å²) in [6.07, 6.45) is 3.79. The number of carboxylic acids is 1. The standard InChI is InChI=1S/C9H15NO3S/c1-14-6-4-8(11)10-5-2-3-7(10)9(12)13/h7H,2-6H2,1H3,(H,12,13). The van der Waals surface area contributed by atoms with Gasteiger partial charge in [-0.15, -0.1) is 0 Å². The maximum Gasteiger partial charge on any atom is 0.326 e. The maximum absolute atomic E-state index is 11.6. The van der Waals surface area contributed by atoms with Crippen LogP contribution in [0.4, 0.5) is 0 Å². The lowest BCUT2D eigenvalue weighted by Gasteiger charge is -2.21. The molecule has 1 aliphatic rings. The molecular weight excluding hydrogens is 202 g/mol. The molecule has 0 radical (unpaired) electrons. The third-order valence-electron chi connectivity index (χ3n) is 2.38. The Morgan fingerprint density at radius 2 is 2.29 bits per heavy atom. The summed E-state index contributed by atoms with van der Waals surface area (Å²) in [5, 5.41) is 8.86. The quantitative estimate of drug-likeness (QED) is 0.757. The monoisotopic (exact) mass is 217 g/mol. The van der Waals surface area contributed by atoms with Gasteiger partial charge in [-0.25, -0.2) is 4.79 Å². The number of carbonyl (C=O) groups excluding carboxylic acids is 1. The Balaban J connectivity index is 2.49. The van der Waals surface area contributed by atoms with E-state index in [1.807, 2.05) is 6.26 Å². The van der Waals surface area contributed by atoms with Gasteiger partial charge in [0.05, 0.1) is 0 Å². The number of nitrogens with zero attached hydrogens (tertiary/aromatic N) is 1. The Kier molecular flexibility index (Phi) is 4.25. The van der Waals surface area contributed by atoms with Crippen LogP contribution in [0.15, 0.2) is 0 Å². The van der Waals surface area contributed by atoms with Crippen LogP contribution in [0.3, 0.4) is 0 Å². The second kappa shape index (κ2) is 5.24. The number of rotatable bonds is 4. The maximum atomic E-state index is 11.6. The fraction of sp³-hybridized carbons (Fsp3) is 0.778. The Morgan fingerprint density at radius 1 is 1.57 bits per heavy atom. The van der Waals surface area contributed by atoms with E-state index in [1.165, 1.54) is 4.90 Å². The average molecular weight is 217 g/mol. The summed E-state index contributed by atoms with van der Waals surface area (Å²) in [6, 6.07) is -0.579. The second-order valence-corrected chi connectivity index (χ2v) is 4.31.